The van der Waals surface area contributed by atoms with Crippen molar-refractivity contribution in [1.82, 2.24) is 4.90 Å². The van der Waals surface area contributed by atoms with Gasteiger partial charge in [0.15, 0.2) is 0 Å². The summed E-state index contributed by atoms with van der Waals surface area (Å²) in [4.78, 5) is 12.2. The van der Waals surface area contributed by atoms with E-state index in [4.69, 9.17) is 4.74 Å². The van der Waals surface area contributed by atoms with Crippen molar-refractivity contribution in [3.8, 4) is 5.75 Å². The predicted octanol–water partition coefficient (Wildman–Crippen LogP) is 4.78. The lowest BCUT2D eigenvalue weighted by molar-refractivity contribution is -0.138. The van der Waals surface area contributed by atoms with Gasteiger partial charge in [0, 0.05) is 17.1 Å². The van der Waals surface area contributed by atoms with Crippen molar-refractivity contribution in [1.29, 1.82) is 0 Å². The second-order valence-corrected chi connectivity index (χ2v) is 9.65. The van der Waals surface area contributed by atoms with Gasteiger partial charge in [0.1, 0.15) is 23.7 Å². The second-order valence-electron chi connectivity index (χ2n) is 7.13. The molecule has 0 radical (unpaired) electrons. The Morgan fingerprint density at radius 3 is 2.29 bits per heavy atom. The van der Waals surface area contributed by atoms with Crippen molar-refractivity contribution in [2.45, 2.75) is 11.1 Å². The number of halogens is 4. The lowest BCUT2D eigenvalue weighted by Gasteiger charge is -2.22. The Labute approximate surface area is 201 Å². The first-order chi connectivity index (χ1) is 15.8. The number of sulfonamides is 1. The van der Waals surface area contributed by atoms with Crippen LogP contribution >= 0.6 is 15.9 Å². The predicted molar refractivity (Wildman–Crippen MR) is 124 cm³/mol. The Morgan fingerprint density at radius 2 is 1.74 bits per heavy atom. The van der Waals surface area contributed by atoms with Crippen molar-refractivity contribution < 1.29 is 36.2 Å². The summed E-state index contributed by atoms with van der Waals surface area (Å²) >= 11 is 3.21. The molecule has 0 atom stereocenters. The summed E-state index contributed by atoms with van der Waals surface area (Å²) in [6, 6.07) is 11.9. The zero-order chi connectivity index (χ0) is 25.3. The fourth-order valence-electron chi connectivity index (χ4n) is 3.37. The zero-order valence-corrected chi connectivity index (χ0v) is 20.2. The van der Waals surface area contributed by atoms with Crippen LogP contribution in [0.5, 0.6) is 5.75 Å². The molecule has 34 heavy (non-hydrogen) atoms. The van der Waals surface area contributed by atoms with Crippen molar-refractivity contribution in [3.63, 3.8) is 0 Å². The summed E-state index contributed by atoms with van der Waals surface area (Å²) < 4.78 is 76.9. The Bertz CT molecular complexity index is 1370. The number of hydrogen-bond donors (Lipinski definition) is 1. The number of amidine groups is 1. The van der Waals surface area contributed by atoms with Crippen LogP contribution in [-0.2, 0) is 21.0 Å². The highest BCUT2D eigenvalue weighted by atomic mass is 79.9. The molecule has 0 aliphatic carbocycles. The molecular formula is C22H18BrF3N2O5S. The molecule has 3 aromatic carbocycles. The van der Waals surface area contributed by atoms with Crippen molar-refractivity contribution in [2.24, 2.45) is 4.40 Å². The Morgan fingerprint density at radius 1 is 1.09 bits per heavy atom. The summed E-state index contributed by atoms with van der Waals surface area (Å²) in [5.74, 6) is -2.01. The van der Waals surface area contributed by atoms with Crippen LogP contribution in [0, 0.1) is 0 Å². The minimum absolute atomic E-state index is 0.00934. The van der Waals surface area contributed by atoms with Crippen molar-refractivity contribution in [3.05, 3.63) is 70.2 Å². The molecular weight excluding hydrogens is 541 g/mol. The van der Waals surface area contributed by atoms with E-state index in [1.165, 1.54) is 55.6 Å². The molecule has 0 saturated heterocycles. The molecule has 0 saturated carbocycles. The summed E-state index contributed by atoms with van der Waals surface area (Å²) in [7, 11) is -1.94. The van der Waals surface area contributed by atoms with Gasteiger partial charge in [-0.05, 0) is 47.2 Å². The van der Waals surface area contributed by atoms with Crippen LogP contribution in [0.1, 0.15) is 11.1 Å². The van der Waals surface area contributed by atoms with Gasteiger partial charge >= 0.3 is 12.1 Å². The Kier molecular flexibility index (Phi) is 7.22. The van der Waals surface area contributed by atoms with E-state index in [1.54, 1.807) is 0 Å². The van der Waals surface area contributed by atoms with Crippen LogP contribution < -0.4 is 4.74 Å². The Hall–Kier alpha value is -3.12. The maximum absolute atomic E-state index is 13.9. The average Bonchev–Trinajstić information content (AvgIpc) is 2.75. The van der Waals surface area contributed by atoms with E-state index >= 15 is 0 Å². The summed E-state index contributed by atoms with van der Waals surface area (Å²) in [6.45, 7) is -0.645. The highest BCUT2D eigenvalue weighted by Gasteiger charge is 2.37. The van der Waals surface area contributed by atoms with Gasteiger partial charge in [-0.15, -0.1) is 4.40 Å². The van der Waals surface area contributed by atoms with Gasteiger partial charge in [0.2, 0.25) is 0 Å². The topological polar surface area (TPSA) is 96.3 Å². The molecule has 0 bridgehead atoms. The van der Waals surface area contributed by atoms with Gasteiger partial charge < -0.3 is 14.7 Å². The third-order valence-electron chi connectivity index (χ3n) is 4.82. The fourth-order valence-corrected chi connectivity index (χ4v) is 4.69. The number of benzene rings is 3. The zero-order valence-electron chi connectivity index (χ0n) is 17.8. The lowest BCUT2D eigenvalue weighted by atomic mass is 9.98. The number of carboxylic acid groups (broad SMARTS) is 1. The SMILES string of the molecule is COc1ccc2c(/C(=N\S(=O)(=O)c3ccc(Br)cc3)N(C)CC(=O)O)cccc2c1C(F)(F)F. The summed E-state index contributed by atoms with van der Waals surface area (Å²) in [5.41, 5.74) is -1.03. The molecule has 3 rings (SSSR count). The van der Waals surface area contributed by atoms with Gasteiger partial charge in [0.05, 0.1) is 12.0 Å². The smallest absolute Gasteiger partial charge is 0.420 e. The Balaban J connectivity index is 2.33. The number of carbonyl (C=O) groups is 1. The summed E-state index contributed by atoms with van der Waals surface area (Å²) in [5, 5.41) is 9.02. The minimum atomic E-state index is -4.77. The van der Waals surface area contributed by atoms with Crippen LogP contribution in [-0.4, -0.2) is 50.9 Å². The highest BCUT2D eigenvalue weighted by Crippen LogP contribution is 2.42. The standard InChI is InChI=1S/C22H18BrF3N2O5S/c1-28(12-19(29)30)21(27-34(31,32)14-8-6-13(23)7-9-14)17-5-3-4-16-15(17)10-11-18(33-2)20(16)22(24,25)26/h3-11H,12H2,1-2H3,(H,29,30)/b27-21+. The van der Waals surface area contributed by atoms with Crippen molar-refractivity contribution in [2.75, 3.05) is 20.7 Å². The molecule has 0 unspecified atom stereocenters. The molecule has 12 heteroatoms. The van der Waals surface area contributed by atoms with Gasteiger partial charge in [-0.25, -0.2) is 0 Å². The van der Waals surface area contributed by atoms with E-state index in [2.05, 4.69) is 20.3 Å². The number of aliphatic carboxylic acids is 1. The van der Waals surface area contributed by atoms with E-state index in [0.717, 1.165) is 18.1 Å². The molecule has 0 aliphatic rings. The second kappa shape index (κ2) is 9.63. The molecule has 0 aromatic heterocycles. The molecule has 180 valence electrons. The first-order valence-corrected chi connectivity index (χ1v) is 11.8. The number of alkyl halides is 3. The average molecular weight is 559 g/mol. The van der Waals surface area contributed by atoms with Gasteiger partial charge in [-0.1, -0.05) is 34.1 Å². The van der Waals surface area contributed by atoms with E-state index in [1.807, 2.05) is 0 Å². The monoisotopic (exact) mass is 558 g/mol. The maximum atomic E-state index is 13.9. The third kappa shape index (κ3) is 5.33. The van der Waals surface area contributed by atoms with Crippen molar-refractivity contribution >= 4 is 48.5 Å². The first kappa shape index (κ1) is 25.5. The van der Waals surface area contributed by atoms with E-state index in [-0.39, 0.29) is 27.1 Å². The number of likely N-dealkylation sites (N-methyl/N-ethyl adjacent to an activating group) is 1. The molecule has 0 fully saturated rings. The largest absolute Gasteiger partial charge is 0.496 e. The molecule has 3 aromatic rings. The maximum Gasteiger partial charge on any atom is 0.420 e. The number of nitrogens with zero attached hydrogens (tertiary/aromatic N) is 2. The third-order valence-corrected chi connectivity index (χ3v) is 6.63. The van der Waals surface area contributed by atoms with E-state index < -0.39 is 40.0 Å². The molecule has 1 N–H and O–H groups in total. The number of carboxylic acids is 1. The van der Waals surface area contributed by atoms with E-state index in [9.17, 15) is 31.5 Å². The van der Waals surface area contributed by atoms with Crippen LogP contribution in [0.15, 0.2) is 68.4 Å². The fraction of sp³-hybridized carbons (Fsp3) is 0.182. The quantitative estimate of drug-likeness (QED) is 0.345. The van der Waals surface area contributed by atoms with Gasteiger partial charge in [0.25, 0.3) is 10.0 Å². The van der Waals surface area contributed by atoms with Crippen LogP contribution in [0.3, 0.4) is 0 Å². The lowest BCUT2D eigenvalue weighted by Crippen LogP contribution is -2.33. The van der Waals surface area contributed by atoms with Crippen LogP contribution in [0.25, 0.3) is 10.8 Å². The molecule has 0 amide bonds. The minimum Gasteiger partial charge on any atom is -0.496 e. The molecule has 0 aliphatic heterocycles. The van der Waals surface area contributed by atoms with Crippen LogP contribution in [0.2, 0.25) is 0 Å². The van der Waals surface area contributed by atoms with Gasteiger partial charge in [-0.2, -0.15) is 21.6 Å². The summed E-state index contributed by atoms with van der Waals surface area (Å²) in [6.07, 6.45) is -4.77. The van der Waals surface area contributed by atoms with Crippen LogP contribution in [0.4, 0.5) is 13.2 Å². The molecule has 7 nitrogen and oxygen atoms in total. The van der Waals surface area contributed by atoms with E-state index in [0.29, 0.717) is 4.47 Å². The molecule has 0 spiro atoms. The number of hydrogen-bond acceptors (Lipinski definition) is 4. The highest BCUT2D eigenvalue weighted by molar-refractivity contribution is 9.10. The number of ether oxygens (including phenoxy) is 1. The number of rotatable bonds is 6. The first-order valence-electron chi connectivity index (χ1n) is 9.56. The number of methoxy groups -OCH3 is 1. The molecule has 0 heterocycles. The number of fused-ring (bicyclic) bond motifs is 1. The van der Waals surface area contributed by atoms with Gasteiger partial charge in [-0.3, -0.25) is 4.79 Å². The normalized spacial score (nSPS) is 12.6.